The maximum absolute atomic E-state index is 10.6. The van der Waals surface area contributed by atoms with Crippen molar-refractivity contribution in [2.24, 2.45) is 0 Å². The molecule has 9 nitrogen and oxygen atoms in total. The number of benzene rings is 3. The van der Waals surface area contributed by atoms with Crippen molar-refractivity contribution in [1.29, 1.82) is 0 Å². The number of aromatic carboxylic acids is 1. The van der Waals surface area contributed by atoms with Gasteiger partial charge in [-0.25, -0.2) is 9.78 Å². The quantitative estimate of drug-likeness (QED) is 0.205. The van der Waals surface area contributed by atoms with Crippen molar-refractivity contribution in [3.8, 4) is 5.75 Å². The average Bonchev–Trinajstić information content (AvgIpc) is 3.36. The van der Waals surface area contributed by atoms with Crippen molar-refractivity contribution in [2.75, 3.05) is 0 Å². The normalized spacial score (nSPS) is 11.9. The molecule has 0 aliphatic rings. The topological polar surface area (TPSA) is 139 Å². The average molecular weight is 600 g/mol. The largest absolute Gasteiger partial charge is 0.506 e. The minimum Gasteiger partial charge on any atom is -0.506 e. The summed E-state index contributed by atoms with van der Waals surface area (Å²) in [6.45, 7) is 1.06. The van der Waals surface area contributed by atoms with E-state index in [9.17, 15) is 18.3 Å². The van der Waals surface area contributed by atoms with E-state index in [1.807, 2.05) is 47.2 Å². The van der Waals surface area contributed by atoms with Crippen LogP contribution in [0.5, 0.6) is 5.75 Å². The number of aromatic nitrogens is 2. The Labute approximate surface area is 233 Å². The Morgan fingerprint density at radius 2 is 1.71 bits per heavy atom. The summed E-state index contributed by atoms with van der Waals surface area (Å²) in [5.74, 6) is -2.45. The van der Waals surface area contributed by atoms with Gasteiger partial charge in [0.1, 0.15) is 16.6 Å². The van der Waals surface area contributed by atoms with Crippen LogP contribution in [0.15, 0.2) is 84.3 Å². The molecular weight excluding hydrogens is 579 g/mol. The molecule has 38 heavy (non-hydrogen) atoms. The molecule has 1 aromatic heterocycles. The Kier molecular flexibility index (Phi) is 10.1. The van der Waals surface area contributed by atoms with E-state index < -0.39 is 32.3 Å². The standard InChI is InChI=1S/C18H15Cl3N2O.C7H6O6S/c19-14-3-1-13(2-4-14)11-24-18(10-23-8-7-22-12-23)16-6-5-15(20)9-17(16)21;8-6-4(7(9)10)2-1-3-5(6)14(11,12)13/h1-9,12,18H,10-11H2;1-3,8H,(H,9,10)(H,11,12,13). The number of phenols is 1. The lowest BCUT2D eigenvalue weighted by molar-refractivity contribution is 0.0280. The lowest BCUT2D eigenvalue weighted by atomic mass is 10.1. The van der Waals surface area contributed by atoms with Crippen LogP contribution in [-0.2, 0) is 28.0 Å². The summed E-state index contributed by atoms with van der Waals surface area (Å²) in [7, 11) is -4.60. The van der Waals surface area contributed by atoms with Crippen LogP contribution in [0.3, 0.4) is 0 Å². The third-order valence-electron chi connectivity index (χ3n) is 5.12. The van der Waals surface area contributed by atoms with Crippen LogP contribution in [0, 0.1) is 0 Å². The smallest absolute Gasteiger partial charge is 0.339 e. The second-order valence-electron chi connectivity index (χ2n) is 7.78. The van der Waals surface area contributed by atoms with E-state index in [2.05, 4.69) is 4.98 Å². The number of para-hydroxylation sites is 1. The molecule has 4 aromatic rings. The molecule has 0 amide bonds. The predicted molar refractivity (Wildman–Crippen MR) is 143 cm³/mol. The fourth-order valence-electron chi connectivity index (χ4n) is 3.27. The summed E-state index contributed by atoms with van der Waals surface area (Å²) in [4.78, 5) is 13.7. The first-order chi connectivity index (χ1) is 18.0. The first kappa shape index (κ1) is 29.4. The summed E-state index contributed by atoms with van der Waals surface area (Å²) in [6.07, 6.45) is 5.16. The number of rotatable bonds is 8. The van der Waals surface area contributed by atoms with Gasteiger partial charge in [-0.15, -0.1) is 0 Å². The lowest BCUT2D eigenvalue weighted by Crippen LogP contribution is -2.12. The van der Waals surface area contributed by atoms with Crippen LogP contribution < -0.4 is 0 Å². The molecule has 0 aliphatic carbocycles. The van der Waals surface area contributed by atoms with E-state index in [0.717, 1.165) is 29.3 Å². The zero-order chi connectivity index (χ0) is 27.9. The first-order valence-electron chi connectivity index (χ1n) is 10.7. The number of ether oxygens (including phenoxy) is 1. The fourth-order valence-corrected chi connectivity index (χ4v) is 4.53. The third kappa shape index (κ3) is 8.19. The highest BCUT2D eigenvalue weighted by atomic mass is 35.5. The third-order valence-corrected chi connectivity index (χ3v) is 6.82. The number of nitrogens with zero attached hydrogens (tertiary/aromatic N) is 2. The van der Waals surface area contributed by atoms with Crippen molar-refractivity contribution in [2.45, 2.75) is 24.2 Å². The minimum atomic E-state index is -4.60. The van der Waals surface area contributed by atoms with Gasteiger partial charge >= 0.3 is 5.97 Å². The van der Waals surface area contributed by atoms with Gasteiger partial charge in [-0.05, 0) is 42.0 Å². The number of hydrogen-bond acceptors (Lipinski definition) is 6. The van der Waals surface area contributed by atoms with Gasteiger partial charge in [0, 0.05) is 33.0 Å². The summed E-state index contributed by atoms with van der Waals surface area (Å²) in [6, 6.07) is 16.0. The highest BCUT2D eigenvalue weighted by Crippen LogP contribution is 2.30. The number of halogens is 3. The maximum Gasteiger partial charge on any atom is 0.339 e. The van der Waals surface area contributed by atoms with Crippen LogP contribution in [0.1, 0.15) is 27.6 Å². The molecule has 1 atom stereocenters. The van der Waals surface area contributed by atoms with E-state index in [1.165, 1.54) is 0 Å². The van der Waals surface area contributed by atoms with Crippen LogP contribution in [0.2, 0.25) is 15.1 Å². The molecule has 0 bridgehead atoms. The number of hydrogen-bond donors (Lipinski definition) is 3. The van der Waals surface area contributed by atoms with Gasteiger partial charge in [-0.1, -0.05) is 59.1 Å². The fraction of sp³-hybridized carbons (Fsp3) is 0.120. The molecular formula is C25H21Cl3N2O7S. The molecule has 0 spiro atoms. The molecule has 0 aliphatic heterocycles. The summed E-state index contributed by atoms with van der Waals surface area (Å²) in [5.41, 5.74) is 1.35. The van der Waals surface area contributed by atoms with Gasteiger partial charge in [-0.2, -0.15) is 8.42 Å². The van der Waals surface area contributed by atoms with Gasteiger partial charge in [0.05, 0.1) is 19.5 Å². The minimum absolute atomic E-state index is 0.223. The highest BCUT2D eigenvalue weighted by molar-refractivity contribution is 7.86. The maximum atomic E-state index is 10.6. The van der Waals surface area contributed by atoms with Crippen molar-refractivity contribution in [1.82, 2.24) is 9.55 Å². The number of imidazole rings is 1. The van der Waals surface area contributed by atoms with Crippen molar-refractivity contribution in [3.05, 3.63) is 111 Å². The zero-order valence-electron chi connectivity index (χ0n) is 19.4. The van der Waals surface area contributed by atoms with Crippen molar-refractivity contribution < 1.29 is 32.7 Å². The Morgan fingerprint density at radius 3 is 2.29 bits per heavy atom. The zero-order valence-corrected chi connectivity index (χ0v) is 22.5. The molecule has 13 heteroatoms. The van der Waals surface area contributed by atoms with Crippen molar-refractivity contribution in [3.63, 3.8) is 0 Å². The summed E-state index contributed by atoms with van der Waals surface area (Å²) >= 11 is 18.3. The van der Waals surface area contributed by atoms with E-state index >= 15 is 0 Å². The molecule has 1 heterocycles. The lowest BCUT2D eigenvalue weighted by Gasteiger charge is -2.20. The van der Waals surface area contributed by atoms with E-state index in [-0.39, 0.29) is 6.10 Å². The van der Waals surface area contributed by atoms with Crippen LogP contribution in [-0.4, -0.2) is 38.7 Å². The van der Waals surface area contributed by atoms with Gasteiger partial charge in [0.2, 0.25) is 0 Å². The van der Waals surface area contributed by atoms with Gasteiger partial charge < -0.3 is 19.5 Å². The second kappa shape index (κ2) is 13.1. The van der Waals surface area contributed by atoms with Crippen molar-refractivity contribution >= 4 is 50.9 Å². The second-order valence-corrected chi connectivity index (χ2v) is 10.5. The molecule has 1 unspecified atom stereocenters. The molecule has 4 rings (SSSR count). The summed E-state index contributed by atoms with van der Waals surface area (Å²) in [5, 5.41) is 19.6. The number of carboxylic acids is 1. The van der Waals surface area contributed by atoms with Crippen LogP contribution in [0.4, 0.5) is 0 Å². The number of carboxylic acid groups (broad SMARTS) is 1. The SMILES string of the molecule is Clc1ccc(COC(Cn2ccnc2)c2ccc(Cl)cc2Cl)cc1.O=C(O)c1cccc(S(=O)(=O)O)c1O. The van der Waals surface area contributed by atoms with E-state index in [0.29, 0.717) is 28.2 Å². The van der Waals surface area contributed by atoms with Gasteiger partial charge in [0.15, 0.2) is 5.75 Å². The molecule has 3 aromatic carbocycles. The first-order valence-corrected chi connectivity index (χ1v) is 13.3. The molecule has 3 N–H and O–H groups in total. The Bertz CT molecular complexity index is 1500. The van der Waals surface area contributed by atoms with Crippen LogP contribution in [0.25, 0.3) is 0 Å². The summed E-state index contributed by atoms with van der Waals surface area (Å²) < 4.78 is 37.9. The Hall–Kier alpha value is -3.12. The highest BCUT2D eigenvalue weighted by Gasteiger charge is 2.20. The molecule has 0 saturated heterocycles. The van der Waals surface area contributed by atoms with Gasteiger partial charge in [-0.3, -0.25) is 4.55 Å². The number of aromatic hydroxyl groups is 1. The monoisotopic (exact) mass is 598 g/mol. The van der Waals surface area contributed by atoms with E-state index in [1.54, 1.807) is 18.6 Å². The Balaban J connectivity index is 0.000000244. The molecule has 200 valence electrons. The van der Waals surface area contributed by atoms with Gasteiger partial charge in [0.25, 0.3) is 10.1 Å². The number of carbonyl (C=O) groups is 1. The molecule has 0 radical (unpaired) electrons. The van der Waals surface area contributed by atoms with E-state index in [4.69, 9.17) is 49.2 Å². The predicted octanol–water partition coefficient (Wildman–Crippen LogP) is 6.14. The molecule has 0 fully saturated rings. The molecule has 0 saturated carbocycles. The van der Waals surface area contributed by atoms with Crippen LogP contribution >= 0.6 is 34.8 Å². The Morgan fingerprint density at radius 1 is 1.03 bits per heavy atom.